The summed E-state index contributed by atoms with van der Waals surface area (Å²) >= 11 is 0. The van der Waals surface area contributed by atoms with Crippen LogP contribution in [0.3, 0.4) is 0 Å². The van der Waals surface area contributed by atoms with Crippen molar-refractivity contribution in [1.82, 2.24) is 0 Å². The fraction of sp³-hybridized carbons (Fsp3) is 0.308. The highest BCUT2D eigenvalue weighted by molar-refractivity contribution is 5.92. The van der Waals surface area contributed by atoms with Gasteiger partial charge in [0.15, 0.2) is 0 Å². The number of allylic oxidation sites excluding steroid dienone is 1. The molecule has 0 N–H and O–H groups in total. The second kappa shape index (κ2) is 4.47. The normalized spacial score (nSPS) is 16.2. The summed E-state index contributed by atoms with van der Waals surface area (Å²) in [5, 5.41) is 0. The maximum Gasteiger partial charge on any atom is 0.331 e. The third-order valence-corrected chi connectivity index (χ3v) is 2.69. The van der Waals surface area contributed by atoms with E-state index < -0.39 is 0 Å². The minimum atomic E-state index is -0.352. The molecular weight excluding hydrogens is 207 g/mol. The second-order valence-corrected chi connectivity index (χ2v) is 3.69. The molecule has 0 atom stereocenters. The van der Waals surface area contributed by atoms with Crippen LogP contribution >= 0.6 is 0 Å². The zero-order valence-corrected chi connectivity index (χ0v) is 9.13. The first-order valence-corrected chi connectivity index (χ1v) is 5.37. The highest BCUT2D eigenvalue weighted by atomic mass is 19.1. The lowest BCUT2D eigenvalue weighted by atomic mass is 10.1. The first-order chi connectivity index (χ1) is 7.72. The number of fused-ring (bicyclic) bond motifs is 1. The standard InChI is InChI=1S/C13H13FO2/c1-2-16-13(15)8-9-6-7-11-10(9)4-3-5-12(11)14/h3-5,8H,2,6-7H2,1H3/b9-8+. The van der Waals surface area contributed by atoms with Crippen molar-refractivity contribution in [3.05, 3.63) is 41.2 Å². The average Bonchev–Trinajstić information content (AvgIpc) is 2.64. The zero-order valence-electron chi connectivity index (χ0n) is 9.13. The molecule has 0 bridgehead atoms. The summed E-state index contributed by atoms with van der Waals surface area (Å²) in [6.07, 6.45) is 2.83. The first kappa shape index (κ1) is 10.9. The van der Waals surface area contributed by atoms with Crippen LogP contribution in [0.4, 0.5) is 4.39 Å². The molecule has 0 fully saturated rings. The summed E-state index contributed by atoms with van der Waals surface area (Å²) in [5.74, 6) is -0.542. The number of ether oxygens (including phenoxy) is 1. The predicted octanol–water partition coefficient (Wildman–Crippen LogP) is 2.72. The lowest BCUT2D eigenvalue weighted by Crippen LogP contribution is -2.00. The summed E-state index contributed by atoms with van der Waals surface area (Å²) in [5.41, 5.74) is 2.42. The molecule has 1 aromatic rings. The van der Waals surface area contributed by atoms with Gasteiger partial charge in [0.1, 0.15) is 5.82 Å². The van der Waals surface area contributed by atoms with Gasteiger partial charge in [-0.2, -0.15) is 0 Å². The Kier molecular flexibility index (Phi) is 3.04. The molecule has 0 saturated carbocycles. The topological polar surface area (TPSA) is 26.3 Å². The third-order valence-electron chi connectivity index (χ3n) is 2.69. The van der Waals surface area contributed by atoms with Crippen molar-refractivity contribution in [2.24, 2.45) is 0 Å². The quantitative estimate of drug-likeness (QED) is 0.566. The lowest BCUT2D eigenvalue weighted by Gasteiger charge is -2.01. The smallest absolute Gasteiger partial charge is 0.331 e. The van der Waals surface area contributed by atoms with Gasteiger partial charge in [0, 0.05) is 6.08 Å². The SMILES string of the molecule is CCOC(=O)/C=C1\CCc2c(F)cccc21. The van der Waals surface area contributed by atoms with E-state index in [0.717, 1.165) is 11.1 Å². The van der Waals surface area contributed by atoms with Gasteiger partial charge in [-0.15, -0.1) is 0 Å². The van der Waals surface area contributed by atoms with Crippen LogP contribution < -0.4 is 0 Å². The summed E-state index contributed by atoms with van der Waals surface area (Å²) in [6, 6.07) is 4.96. The molecule has 2 rings (SSSR count). The molecule has 0 spiro atoms. The van der Waals surface area contributed by atoms with E-state index in [1.165, 1.54) is 12.1 Å². The van der Waals surface area contributed by atoms with Gasteiger partial charge in [0.25, 0.3) is 0 Å². The number of carbonyl (C=O) groups is 1. The Morgan fingerprint density at radius 2 is 2.31 bits per heavy atom. The van der Waals surface area contributed by atoms with E-state index in [2.05, 4.69) is 0 Å². The molecule has 1 aliphatic rings. The van der Waals surface area contributed by atoms with Gasteiger partial charge in [0.2, 0.25) is 0 Å². The molecule has 0 heterocycles. The van der Waals surface area contributed by atoms with E-state index in [1.807, 2.05) is 6.07 Å². The second-order valence-electron chi connectivity index (χ2n) is 3.69. The molecule has 0 radical (unpaired) electrons. The highest BCUT2D eigenvalue weighted by Crippen LogP contribution is 2.33. The van der Waals surface area contributed by atoms with Crippen molar-refractivity contribution in [2.75, 3.05) is 6.61 Å². The average molecular weight is 220 g/mol. The Labute approximate surface area is 93.7 Å². The van der Waals surface area contributed by atoms with E-state index >= 15 is 0 Å². The molecule has 0 aliphatic heterocycles. The molecule has 2 nitrogen and oxygen atoms in total. The van der Waals surface area contributed by atoms with E-state index in [4.69, 9.17) is 4.74 Å². The van der Waals surface area contributed by atoms with Crippen LogP contribution in [-0.2, 0) is 16.0 Å². The molecule has 84 valence electrons. The van der Waals surface area contributed by atoms with Crippen molar-refractivity contribution in [3.63, 3.8) is 0 Å². The summed E-state index contributed by atoms with van der Waals surface area (Å²) in [6.45, 7) is 2.12. The number of benzene rings is 1. The summed E-state index contributed by atoms with van der Waals surface area (Å²) in [7, 11) is 0. The predicted molar refractivity (Wildman–Crippen MR) is 59.3 cm³/mol. The van der Waals surface area contributed by atoms with Crippen LogP contribution in [0.25, 0.3) is 5.57 Å². The van der Waals surface area contributed by atoms with E-state index in [1.54, 1.807) is 13.0 Å². The number of esters is 1. The molecule has 1 aliphatic carbocycles. The first-order valence-electron chi connectivity index (χ1n) is 5.37. The summed E-state index contributed by atoms with van der Waals surface area (Å²) in [4.78, 5) is 11.3. The Hall–Kier alpha value is -1.64. The molecule has 0 saturated heterocycles. The van der Waals surface area contributed by atoms with E-state index in [9.17, 15) is 9.18 Å². The Balaban J connectivity index is 2.30. The largest absolute Gasteiger partial charge is 0.463 e. The van der Waals surface area contributed by atoms with Crippen molar-refractivity contribution in [3.8, 4) is 0 Å². The maximum absolute atomic E-state index is 13.4. The molecule has 1 aromatic carbocycles. The van der Waals surface area contributed by atoms with Crippen LogP contribution in [0.2, 0.25) is 0 Å². The lowest BCUT2D eigenvalue weighted by molar-refractivity contribution is -0.137. The maximum atomic E-state index is 13.4. The molecular formula is C13H13FO2. The van der Waals surface area contributed by atoms with Gasteiger partial charge in [-0.3, -0.25) is 0 Å². The number of hydrogen-bond donors (Lipinski definition) is 0. The molecule has 0 unspecified atom stereocenters. The van der Waals surface area contributed by atoms with Crippen LogP contribution in [0.5, 0.6) is 0 Å². The van der Waals surface area contributed by atoms with Gasteiger partial charge in [0.05, 0.1) is 6.61 Å². The number of rotatable bonds is 2. The molecule has 0 aromatic heterocycles. The van der Waals surface area contributed by atoms with Crippen LogP contribution in [0, 0.1) is 5.82 Å². The van der Waals surface area contributed by atoms with Crippen molar-refractivity contribution in [2.45, 2.75) is 19.8 Å². The van der Waals surface area contributed by atoms with Gasteiger partial charge in [-0.05, 0) is 42.5 Å². The highest BCUT2D eigenvalue weighted by Gasteiger charge is 2.20. The summed E-state index contributed by atoms with van der Waals surface area (Å²) < 4.78 is 18.2. The van der Waals surface area contributed by atoms with Crippen molar-refractivity contribution >= 4 is 11.5 Å². The van der Waals surface area contributed by atoms with Crippen molar-refractivity contribution in [1.29, 1.82) is 0 Å². The Morgan fingerprint density at radius 3 is 3.06 bits per heavy atom. The Bertz CT molecular complexity index is 449. The van der Waals surface area contributed by atoms with Gasteiger partial charge in [-0.1, -0.05) is 12.1 Å². The minimum absolute atomic E-state index is 0.190. The van der Waals surface area contributed by atoms with Crippen LogP contribution in [0.1, 0.15) is 24.5 Å². The van der Waals surface area contributed by atoms with E-state index in [-0.39, 0.29) is 11.8 Å². The fourth-order valence-corrected chi connectivity index (χ4v) is 1.98. The number of carbonyl (C=O) groups excluding carboxylic acids is 1. The molecule has 0 amide bonds. The molecule has 16 heavy (non-hydrogen) atoms. The van der Waals surface area contributed by atoms with E-state index in [0.29, 0.717) is 25.0 Å². The van der Waals surface area contributed by atoms with Gasteiger partial charge >= 0.3 is 5.97 Å². The Morgan fingerprint density at radius 1 is 1.50 bits per heavy atom. The number of hydrogen-bond acceptors (Lipinski definition) is 2. The zero-order chi connectivity index (χ0) is 11.5. The monoisotopic (exact) mass is 220 g/mol. The van der Waals surface area contributed by atoms with Crippen LogP contribution in [-0.4, -0.2) is 12.6 Å². The molecule has 3 heteroatoms. The van der Waals surface area contributed by atoms with Gasteiger partial charge in [-0.25, -0.2) is 9.18 Å². The van der Waals surface area contributed by atoms with Crippen molar-refractivity contribution < 1.29 is 13.9 Å². The minimum Gasteiger partial charge on any atom is -0.463 e. The third kappa shape index (κ3) is 1.98. The number of halogens is 1. The van der Waals surface area contributed by atoms with Crippen LogP contribution in [0.15, 0.2) is 24.3 Å². The van der Waals surface area contributed by atoms with Gasteiger partial charge < -0.3 is 4.74 Å². The fourth-order valence-electron chi connectivity index (χ4n) is 1.98.